The minimum atomic E-state index is -0.239. The average molecular weight is 387 g/mol. The van der Waals surface area contributed by atoms with E-state index in [0.29, 0.717) is 0 Å². The van der Waals surface area contributed by atoms with Crippen molar-refractivity contribution in [1.29, 1.82) is 0 Å². The molecule has 0 atom stereocenters. The molecule has 3 heteroatoms. The summed E-state index contributed by atoms with van der Waals surface area (Å²) in [6, 6.07) is 25.6. The number of hydrogen-bond donors (Lipinski definition) is 0. The Morgan fingerprint density at radius 3 is 2.37 bits per heavy atom. The molecule has 0 fully saturated rings. The lowest BCUT2D eigenvalue weighted by atomic mass is 9.92. The minimum absolute atomic E-state index is 0.239. The number of aromatic nitrogens is 1. The highest BCUT2D eigenvalue weighted by Gasteiger charge is 2.23. The zero-order valence-corrected chi connectivity index (χ0v) is 15.8. The first kappa shape index (κ1) is 15.9. The summed E-state index contributed by atoms with van der Waals surface area (Å²) in [5.74, 6) is 1.32. The van der Waals surface area contributed by atoms with Crippen LogP contribution in [-0.2, 0) is 0 Å². The second-order valence-electron chi connectivity index (χ2n) is 7.78. The second kappa shape index (κ2) is 5.55. The molecular weight excluding hydrogens is 373 g/mol. The van der Waals surface area contributed by atoms with Gasteiger partial charge in [-0.15, -0.1) is 0 Å². The van der Waals surface area contributed by atoms with Crippen molar-refractivity contribution in [3.8, 4) is 22.8 Å². The maximum Gasteiger partial charge on any atom is 0.138 e. The van der Waals surface area contributed by atoms with Gasteiger partial charge in [-0.1, -0.05) is 42.5 Å². The summed E-state index contributed by atoms with van der Waals surface area (Å²) >= 11 is 0. The first-order chi connectivity index (χ1) is 14.8. The molecule has 7 rings (SSSR count). The molecule has 6 aromatic rings. The van der Waals surface area contributed by atoms with Crippen molar-refractivity contribution < 1.29 is 9.13 Å². The van der Waals surface area contributed by atoms with Crippen molar-refractivity contribution in [1.82, 2.24) is 4.98 Å². The van der Waals surface area contributed by atoms with Gasteiger partial charge in [-0.05, 0) is 74.1 Å². The van der Waals surface area contributed by atoms with Gasteiger partial charge in [0.25, 0.3) is 0 Å². The summed E-state index contributed by atoms with van der Waals surface area (Å²) in [6.45, 7) is 0. The van der Waals surface area contributed by atoms with Crippen LogP contribution in [0.2, 0.25) is 0 Å². The largest absolute Gasteiger partial charge is 0.456 e. The van der Waals surface area contributed by atoms with E-state index in [1.165, 1.54) is 6.07 Å². The quantitative estimate of drug-likeness (QED) is 0.250. The highest BCUT2D eigenvalue weighted by molar-refractivity contribution is 6.21. The summed E-state index contributed by atoms with van der Waals surface area (Å²) in [7, 11) is 0. The van der Waals surface area contributed by atoms with Gasteiger partial charge in [0.05, 0.1) is 11.1 Å². The van der Waals surface area contributed by atoms with Gasteiger partial charge in [0.15, 0.2) is 0 Å². The Kier molecular flexibility index (Phi) is 2.94. The predicted molar refractivity (Wildman–Crippen MR) is 120 cm³/mol. The van der Waals surface area contributed by atoms with Gasteiger partial charge in [0.1, 0.15) is 17.3 Å². The van der Waals surface area contributed by atoms with E-state index in [1.807, 2.05) is 42.6 Å². The van der Waals surface area contributed by atoms with E-state index in [0.717, 1.165) is 65.8 Å². The zero-order valence-electron chi connectivity index (χ0n) is 15.8. The molecule has 0 bridgehead atoms. The molecule has 0 N–H and O–H groups in total. The van der Waals surface area contributed by atoms with Crippen molar-refractivity contribution in [3.63, 3.8) is 0 Å². The third-order valence-electron chi connectivity index (χ3n) is 6.11. The molecule has 2 heterocycles. The Labute approximate surface area is 171 Å². The molecule has 1 aromatic heterocycles. The molecule has 5 aromatic carbocycles. The molecule has 1 aliphatic heterocycles. The lowest BCUT2D eigenvalue weighted by Crippen LogP contribution is -2.00. The summed E-state index contributed by atoms with van der Waals surface area (Å²) < 4.78 is 20.5. The third kappa shape index (κ3) is 2.04. The van der Waals surface area contributed by atoms with E-state index in [4.69, 9.17) is 9.72 Å². The van der Waals surface area contributed by atoms with Crippen LogP contribution in [-0.4, -0.2) is 4.98 Å². The average Bonchev–Trinajstić information content (AvgIpc) is 2.78. The number of hydrogen-bond acceptors (Lipinski definition) is 2. The van der Waals surface area contributed by atoms with Crippen LogP contribution in [0.3, 0.4) is 0 Å². The standard InChI is InChI=1S/C27H14FNO/c28-18-7-5-15-6-8-19-20-9-10-29-27-23-11-16-3-1-2-4-17(16)12-24(23)30-25(26(20)27)14-22(19)21(15)13-18/h1-14H. The SMILES string of the molecule is Fc1ccc2ccc3c4ccnc5c4c(cc3c2c1)Oc1cc2ccccc2cc1-5. The van der Waals surface area contributed by atoms with Crippen LogP contribution in [0.25, 0.3) is 54.3 Å². The van der Waals surface area contributed by atoms with Crippen molar-refractivity contribution in [2.24, 2.45) is 0 Å². The Morgan fingerprint density at radius 2 is 1.47 bits per heavy atom. The van der Waals surface area contributed by atoms with Crippen LogP contribution in [0.4, 0.5) is 4.39 Å². The number of halogens is 1. The van der Waals surface area contributed by atoms with Gasteiger partial charge in [-0.3, -0.25) is 4.98 Å². The van der Waals surface area contributed by atoms with Gasteiger partial charge in [0, 0.05) is 11.8 Å². The number of nitrogens with zero attached hydrogens (tertiary/aromatic N) is 1. The Balaban J connectivity index is 1.65. The van der Waals surface area contributed by atoms with Gasteiger partial charge < -0.3 is 4.74 Å². The Bertz CT molecular complexity index is 1690. The molecule has 0 amide bonds. The third-order valence-corrected chi connectivity index (χ3v) is 6.11. The molecular formula is C27H14FNO. The first-order valence-electron chi connectivity index (χ1n) is 9.91. The van der Waals surface area contributed by atoms with Crippen molar-refractivity contribution in [2.75, 3.05) is 0 Å². The van der Waals surface area contributed by atoms with E-state index in [1.54, 1.807) is 6.07 Å². The lowest BCUT2D eigenvalue weighted by molar-refractivity contribution is 0.488. The molecule has 0 unspecified atom stereocenters. The Morgan fingerprint density at radius 1 is 0.633 bits per heavy atom. The molecule has 1 aliphatic rings. The van der Waals surface area contributed by atoms with Gasteiger partial charge >= 0.3 is 0 Å². The second-order valence-corrected chi connectivity index (χ2v) is 7.78. The fourth-order valence-electron chi connectivity index (χ4n) is 4.74. The van der Waals surface area contributed by atoms with Crippen LogP contribution >= 0.6 is 0 Å². The monoisotopic (exact) mass is 387 g/mol. The summed E-state index contributed by atoms with van der Waals surface area (Å²) in [5.41, 5.74) is 1.92. The van der Waals surface area contributed by atoms with E-state index >= 15 is 0 Å². The van der Waals surface area contributed by atoms with E-state index in [2.05, 4.69) is 30.3 Å². The smallest absolute Gasteiger partial charge is 0.138 e. The topological polar surface area (TPSA) is 22.1 Å². The summed E-state index contributed by atoms with van der Waals surface area (Å²) in [5, 5.41) is 8.30. The van der Waals surface area contributed by atoms with Crippen molar-refractivity contribution in [3.05, 3.63) is 90.9 Å². The minimum Gasteiger partial charge on any atom is -0.456 e. The van der Waals surface area contributed by atoms with Gasteiger partial charge in [0.2, 0.25) is 0 Å². The van der Waals surface area contributed by atoms with Crippen LogP contribution in [0.15, 0.2) is 85.1 Å². The lowest BCUT2D eigenvalue weighted by Gasteiger charge is -2.22. The van der Waals surface area contributed by atoms with Crippen LogP contribution in [0.1, 0.15) is 0 Å². The molecule has 0 spiro atoms. The maximum atomic E-state index is 14.0. The number of rotatable bonds is 0. The zero-order chi connectivity index (χ0) is 19.8. The van der Waals surface area contributed by atoms with Crippen LogP contribution < -0.4 is 4.74 Å². The number of pyridine rings is 1. The fraction of sp³-hybridized carbons (Fsp3) is 0. The Hall–Kier alpha value is -3.98. The summed E-state index contributed by atoms with van der Waals surface area (Å²) in [4.78, 5) is 4.73. The van der Waals surface area contributed by atoms with Crippen molar-refractivity contribution in [2.45, 2.75) is 0 Å². The molecule has 0 saturated carbocycles. The highest BCUT2D eigenvalue weighted by atomic mass is 19.1. The van der Waals surface area contributed by atoms with E-state index < -0.39 is 0 Å². The van der Waals surface area contributed by atoms with E-state index in [-0.39, 0.29) is 5.82 Å². The van der Waals surface area contributed by atoms with Crippen molar-refractivity contribution >= 4 is 43.1 Å². The number of benzene rings is 5. The predicted octanol–water partition coefficient (Wildman–Crippen LogP) is 7.61. The van der Waals surface area contributed by atoms with E-state index in [9.17, 15) is 4.39 Å². The van der Waals surface area contributed by atoms with Gasteiger partial charge in [-0.25, -0.2) is 4.39 Å². The van der Waals surface area contributed by atoms with Crippen LogP contribution in [0, 0.1) is 5.82 Å². The van der Waals surface area contributed by atoms with Crippen LogP contribution in [0.5, 0.6) is 11.5 Å². The molecule has 0 radical (unpaired) electrons. The highest BCUT2D eigenvalue weighted by Crippen LogP contribution is 2.49. The normalized spacial score (nSPS) is 12.4. The number of ether oxygens (including phenoxy) is 1. The fourth-order valence-corrected chi connectivity index (χ4v) is 4.74. The molecule has 0 saturated heterocycles. The summed E-state index contributed by atoms with van der Waals surface area (Å²) in [6.07, 6.45) is 1.85. The first-order valence-corrected chi connectivity index (χ1v) is 9.91. The molecule has 2 nitrogen and oxygen atoms in total. The number of fused-ring (bicyclic) bond motifs is 7. The molecule has 140 valence electrons. The molecule has 0 aliphatic carbocycles. The van der Waals surface area contributed by atoms with Gasteiger partial charge in [-0.2, -0.15) is 0 Å². The maximum absolute atomic E-state index is 14.0. The molecule has 30 heavy (non-hydrogen) atoms.